The van der Waals surface area contributed by atoms with Crippen LogP contribution in [-0.2, 0) is 13.0 Å². The van der Waals surface area contributed by atoms with Gasteiger partial charge >= 0.3 is 0 Å². The summed E-state index contributed by atoms with van der Waals surface area (Å²) in [5, 5.41) is 7.78. The molecule has 1 unspecified atom stereocenters. The van der Waals surface area contributed by atoms with E-state index in [9.17, 15) is 4.79 Å². The minimum Gasteiger partial charge on any atom is -0.337 e. The third-order valence-electron chi connectivity index (χ3n) is 4.81. The number of likely N-dealkylation sites (tertiary alicyclic amines) is 1. The molecule has 1 N–H and O–H groups in total. The molecule has 5 heteroatoms. The van der Waals surface area contributed by atoms with E-state index < -0.39 is 0 Å². The van der Waals surface area contributed by atoms with Crippen molar-refractivity contribution in [1.82, 2.24) is 20.0 Å². The van der Waals surface area contributed by atoms with Gasteiger partial charge in [0.05, 0.1) is 24.0 Å². The van der Waals surface area contributed by atoms with Gasteiger partial charge in [-0.05, 0) is 31.9 Å². The Labute approximate surface area is 143 Å². The monoisotopic (exact) mass is 326 g/mol. The predicted molar refractivity (Wildman–Crippen MR) is 95.1 cm³/mol. The van der Waals surface area contributed by atoms with E-state index in [1.807, 2.05) is 34.8 Å². The molecule has 1 aliphatic rings. The molecular weight excluding hydrogens is 300 g/mol. The van der Waals surface area contributed by atoms with Gasteiger partial charge < -0.3 is 10.2 Å². The molecule has 1 amide bonds. The van der Waals surface area contributed by atoms with Crippen molar-refractivity contribution in [1.29, 1.82) is 0 Å². The lowest BCUT2D eigenvalue weighted by atomic mass is 10.0. The number of hydrogen-bond acceptors (Lipinski definition) is 3. The fourth-order valence-corrected chi connectivity index (χ4v) is 3.42. The fourth-order valence-electron chi connectivity index (χ4n) is 3.42. The molecule has 2 aromatic rings. The Kier molecular flexibility index (Phi) is 5.30. The van der Waals surface area contributed by atoms with Crippen molar-refractivity contribution in [2.45, 2.75) is 38.8 Å². The van der Waals surface area contributed by atoms with Crippen LogP contribution >= 0.6 is 0 Å². The third-order valence-corrected chi connectivity index (χ3v) is 4.81. The second-order valence-electron chi connectivity index (χ2n) is 6.38. The largest absolute Gasteiger partial charge is 0.337 e. The Hall–Kier alpha value is -2.14. The molecule has 0 saturated carbocycles. The van der Waals surface area contributed by atoms with Crippen LogP contribution in [0.2, 0.25) is 0 Å². The molecule has 2 heterocycles. The van der Waals surface area contributed by atoms with Crippen LogP contribution < -0.4 is 5.32 Å². The van der Waals surface area contributed by atoms with E-state index in [1.165, 1.54) is 5.56 Å². The van der Waals surface area contributed by atoms with Gasteiger partial charge in [0.15, 0.2) is 0 Å². The predicted octanol–water partition coefficient (Wildman–Crippen LogP) is 2.32. The van der Waals surface area contributed by atoms with E-state index >= 15 is 0 Å². The summed E-state index contributed by atoms with van der Waals surface area (Å²) < 4.78 is 1.96. The van der Waals surface area contributed by atoms with Crippen molar-refractivity contribution >= 4 is 5.91 Å². The van der Waals surface area contributed by atoms with E-state index in [1.54, 1.807) is 6.20 Å². The molecule has 128 valence electrons. The SMILES string of the molecule is CCc1c(C(=O)N2CCCC(NC)C2)cnn1Cc1ccccc1. The lowest BCUT2D eigenvalue weighted by molar-refractivity contribution is 0.0697. The summed E-state index contributed by atoms with van der Waals surface area (Å²) in [5.41, 5.74) is 2.98. The highest BCUT2D eigenvalue weighted by Gasteiger charge is 2.26. The van der Waals surface area contributed by atoms with Crippen LogP contribution in [0.3, 0.4) is 0 Å². The molecule has 0 aliphatic carbocycles. The number of piperidine rings is 1. The van der Waals surface area contributed by atoms with Crippen molar-refractivity contribution in [2.24, 2.45) is 0 Å². The first-order valence-corrected chi connectivity index (χ1v) is 8.78. The van der Waals surface area contributed by atoms with Gasteiger partial charge in [-0.25, -0.2) is 0 Å². The first kappa shape index (κ1) is 16.7. The molecule has 1 fully saturated rings. The summed E-state index contributed by atoms with van der Waals surface area (Å²) in [5.74, 6) is 0.117. The second kappa shape index (κ2) is 7.62. The highest BCUT2D eigenvalue weighted by Crippen LogP contribution is 2.18. The summed E-state index contributed by atoms with van der Waals surface area (Å²) in [6.45, 7) is 4.41. The van der Waals surface area contributed by atoms with Gasteiger partial charge in [-0.2, -0.15) is 5.10 Å². The van der Waals surface area contributed by atoms with E-state index in [4.69, 9.17) is 0 Å². The number of rotatable bonds is 5. The number of nitrogens with one attached hydrogen (secondary N) is 1. The summed E-state index contributed by atoms with van der Waals surface area (Å²) >= 11 is 0. The highest BCUT2D eigenvalue weighted by atomic mass is 16.2. The Morgan fingerprint density at radius 2 is 2.12 bits per heavy atom. The van der Waals surface area contributed by atoms with Crippen LogP contribution in [0.15, 0.2) is 36.5 Å². The molecule has 1 aliphatic heterocycles. The molecule has 1 saturated heterocycles. The number of carbonyl (C=O) groups is 1. The van der Waals surface area contributed by atoms with Crippen LogP contribution in [0.25, 0.3) is 0 Å². The van der Waals surface area contributed by atoms with Gasteiger partial charge in [0, 0.05) is 19.1 Å². The first-order chi connectivity index (χ1) is 11.7. The van der Waals surface area contributed by atoms with E-state index in [0.29, 0.717) is 12.6 Å². The smallest absolute Gasteiger partial charge is 0.257 e. The van der Waals surface area contributed by atoms with Gasteiger partial charge in [0.1, 0.15) is 0 Å². The van der Waals surface area contributed by atoms with Crippen molar-refractivity contribution < 1.29 is 4.79 Å². The molecule has 5 nitrogen and oxygen atoms in total. The Bertz CT molecular complexity index is 680. The molecule has 0 bridgehead atoms. The molecule has 1 aromatic heterocycles. The Morgan fingerprint density at radius 1 is 1.33 bits per heavy atom. The minimum absolute atomic E-state index is 0.117. The molecule has 1 atom stereocenters. The Balaban J connectivity index is 1.79. The number of aromatic nitrogens is 2. The van der Waals surface area contributed by atoms with E-state index in [-0.39, 0.29) is 5.91 Å². The number of benzene rings is 1. The fraction of sp³-hybridized carbons (Fsp3) is 0.474. The van der Waals surface area contributed by atoms with Gasteiger partial charge in [-0.15, -0.1) is 0 Å². The third kappa shape index (κ3) is 3.51. The zero-order valence-electron chi connectivity index (χ0n) is 14.5. The summed E-state index contributed by atoms with van der Waals surface area (Å²) in [6.07, 6.45) is 4.73. The van der Waals surface area contributed by atoms with Crippen LogP contribution in [0.4, 0.5) is 0 Å². The maximum atomic E-state index is 13.0. The molecule has 0 radical (unpaired) electrons. The van der Waals surface area contributed by atoms with Gasteiger partial charge in [0.25, 0.3) is 5.91 Å². The number of likely N-dealkylation sites (N-methyl/N-ethyl adjacent to an activating group) is 1. The van der Waals surface area contributed by atoms with Crippen LogP contribution in [0.1, 0.15) is 41.4 Å². The maximum Gasteiger partial charge on any atom is 0.257 e. The highest BCUT2D eigenvalue weighted by molar-refractivity contribution is 5.95. The lowest BCUT2D eigenvalue weighted by Crippen LogP contribution is -2.47. The average Bonchev–Trinajstić information content (AvgIpc) is 3.04. The van der Waals surface area contributed by atoms with Crippen LogP contribution in [0, 0.1) is 0 Å². The number of hydrogen-bond donors (Lipinski definition) is 1. The zero-order chi connectivity index (χ0) is 16.9. The number of nitrogens with zero attached hydrogens (tertiary/aromatic N) is 3. The molecular formula is C19H26N4O. The topological polar surface area (TPSA) is 50.2 Å². The standard InChI is InChI=1S/C19H26N4O/c1-3-18-17(19(24)22-11-7-10-16(14-22)20-2)12-21-23(18)13-15-8-5-4-6-9-15/h4-6,8-9,12,16,20H,3,7,10-11,13-14H2,1-2H3. The zero-order valence-corrected chi connectivity index (χ0v) is 14.5. The Morgan fingerprint density at radius 3 is 2.83 bits per heavy atom. The first-order valence-electron chi connectivity index (χ1n) is 8.78. The van der Waals surface area contributed by atoms with E-state index in [2.05, 4.69) is 29.5 Å². The average molecular weight is 326 g/mol. The molecule has 1 aromatic carbocycles. The van der Waals surface area contributed by atoms with Crippen molar-refractivity contribution in [3.05, 3.63) is 53.3 Å². The number of carbonyl (C=O) groups excluding carboxylic acids is 1. The lowest BCUT2D eigenvalue weighted by Gasteiger charge is -2.32. The number of amides is 1. The quantitative estimate of drug-likeness (QED) is 0.917. The summed E-state index contributed by atoms with van der Waals surface area (Å²) in [7, 11) is 1.97. The molecule has 24 heavy (non-hydrogen) atoms. The normalized spacial score (nSPS) is 17.9. The van der Waals surface area contributed by atoms with Gasteiger partial charge in [-0.1, -0.05) is 37.3 Å². The van der Waals surface area contributed by atoms with Gasteiger partial charge in [0.2, 0.25) is 0 Å². The molecule has 3 rings (SSSR count). The minimum atomic E-state index is 0.117. The van der Waals surface area contributed by atoms with Crippen molar-refractivity contribution in [2.75, 3.05) is 20.1 Å². The van der Waals surface area contributed by atoms with Gasteiger partial charge in [-0.3, -0.25) is 9.48 Å². The second-order valence-corrected chi connectivity index (χ2v) is 6.38. The van der Waals surface area contributed by atoms with Crippen LogP contribution in [-0.4, -0.2) is 46.8 Å². The maximum absolute atomic E-state index is 13.0. The van der Waals surface area contributed by atoms with Crippen molar-refractivity contribution in [3.63, 3.8) is 0 Å². The van der Waals surface area contributed by atoms with Crippen molar-refractivity contribution in [3.8, 4) is 0 Å². The van der Waals surface area contributed by atoms with Crippen LogP contribution in [0.5, 0.6) is 0 Å². The summed E-state index contributed by atoms with van der Waals surface area (Å²) in [6, 6.07) is 10.6. The summed E-state index contributed by atoms with van der Waals surface area (Å²) in [4.78, 5) is 14.9. The molecule has 0 spiro atoms. The van der Waals surface area contributed by atoms with E-state index in [0.717, 1.165) is 43.6 Å².